The molecule has 0 amide bonds. The topological polar surface area (TPSA) is 74.6 Å². The minimum Gasteiger partial charge on any atom is -0.478 e. The highest BCUT2D eigenvalue weighted by Crippen LogP contribution is 2.22. The fourth-order valence-corrected chi connectivity index (χ4v) is 2.20. The third-order valence-electron chi connectivity index (χ3n) is 2.22. The maximum absolute atomic E-state index is 10.7. The Morgan fingerprint density at radius 2 is 1.65 bits per heavy atom. The lowest BCUT2D eigenvalue weighted by Gasteiger charge is -2.03. The lowest BCUT2D eigenvalue weighted by molar-refractivity contribution is -0.133. The van der Waals surface area contributed by atoms with Gasteiger partial charge in [-0.3, -0.25) is 0 Å². The molecule has 17 heavy (non-hydrogen) atoms. The van der Waals surface area contributed by atoms with E-state index in [1.54, 1.807) is 11.4 Å². The lowest BCUT2D eigenvalue weighted by Crippen LogP contribution is -2.05. The Bertz CT molecular complexity index is 442. The molecule has 5 heteroatoms. The molecule has 0 aliphatic carbocycles. The summed E-state index contributed by atoms with van der Waals surface area (Å²) in [7, 11) is 0. The summed E-state index contributed by atoms with van der Waals surface area (Å²) >= 11 is 1.39. The van der Waals surface area contributed by atoms with Crippen LogP contribution in [-0.2, 0) is 22.4 Å². The highest BCUT2D eigenvalue weighted by Gasteiger charge is 2.13. The van der Waals surface area contributed by atoms with Gasteiger partial charge in [0.15, 0.2) is 0 Å². The second kappa shape index (κ2) is 5.45. The van der Waals surface area contributed by atoms with Gasteiger partial charge in [-0.25, -0.2) is 9.59 Å². The molecule has 0 aliphatic heterocycles. The molecule has 0 aromatic carbocycles. The molecular formula is C12H12O4S. The molecule has 1 heterocycles. The monoisotopic (exact) mass is 252 g/mol. The number of rotatable bonds is 6. The van der Waals surface area contributed by atoms with Crippen LogP contribution in [0.2, 0.25) is 0 Å². The number of hydrogen-bond acceptors (Lipinski definition) is 3. The molecule has 0 fully saturated rings. The molecule has 1 rings (SSSR count). The summed E-state index contributed by atoms with van der Waals surface area (Å²) in [5.41, 5.74) is 0.977. The maximum Gasteiger partial charge on any atom is 0.331 e. The van der Waals surface area contributed by atoms with Crippen LogP contribution in [0, 0.1) is 0 Å². The van der Waals surface area contributed by atoms with Gasteiger partial charge in [-0.05, 0) is 17.0 Å². The van der Waals surface area contributed by atoms with Crippen molar-refractivity contribution in [1.82, 2.24) is 0 Å². The molecule has 0 atom stereocenters. The smallest absolute Gasteiger partial charge is 0.331 e. The zero-order chi connectivity index (χ0) is 13.0. The molecule has 0 radical (unpaired) electrons. The van der Waals surface area contributed by atoms with Crippen molar-refractivity contribution in [3.63, 3.8) is 0 Å². The summed E-state index contributed by atoms with van der Waals surface area (Å²) < 4.78 is 0. The zero-order valence-corrected chi connectivity index (χ0v) is 9.92. The SMILES string of the molecule is C=C(Cc1ccsc1CC(=C)C(=O)O)C(=O)O. The van der Waals surface area contributed by atoms with Crippen molar-refractivity contribution in [2.45, 2.75) is 12.8 Å². The van der Waals surface area contributed by atoms with Crippen molar-refractivity contribution in [2.75, 3.05) is 0 Å². The summed E-state index contributed by atoms with van der Waals surface area (Å²) in [6.07, 6.45) is 0.455. The van der Waals surface area contributed by atoms with Crippen molar-refractivity contribution in [1.29, 1.82) is 0 Å². The zero-order valence-electron chi connectivity index (χ0n) is 9.10. The molecule has 90 valence electrons. The van der Waals surface area contributed by atoms with Gasteiger partial charge in [0.25, 0.3) is 0 Å². The molecule has 0 bridgehead atoms. The van der Waals surface area contributed by atoms with Gasteiger partial charge in [0.1, 0.15) is 0 Å². The summed E-state index contributed by atoms with van der Waals surface area (Å²) in [5, 5.41) is 19.3. The average Bonchev–Trinajstić information content (AvgIpc) is 2.65. The van der Waals surface area contributed by atoms with Crippen LogP contribution < -0.4 is 0 Å². The van der Waals surface area contributed by atoms with Crippen LogP contribution in [0.3, 0.4) is 0 Å². The Balaban J connectivity index is 2.79. The van der Waals surface area contributed by atoms with Gasteiger partial charge in [0.2, 0.25) is 0 Å². The standard InChI is InChI=1S/C12H12O4S/c1-7(11(13)14)5-9-3-4-17-10(9)6-8(2)12(15)16/h3-4H,1-2,5-6H2,(H,13,14)(H,15,16). The molecule has 0 aliphatic rings. The van der Waals surface area contributed by atoms with Crippen LogP contribution in [0.25, 0.3) is 0 Å². The highest BCUT2D eigenvalue weighted by atomic mass is 32.1. The quantitative estimate of drug-likeness (QED) is 0.760. The Labute approximate surface area is 103 Å². The number of carboxylic acid groups (broad SMARTS) is 2. The van der Waals surface area contributed by atoms with Crippen LogP contribution >= 0.6 is 11.3 Å². The van der Waals surface area contributed by atoms with Gasteiger partial charge >= 0.3 is 11.9 Å². The summed E-state index contributed by atoms with van der Waals surface area (Å²) in [4.78, 5) is 22.1. The van der Waals surface area contributed by atoms with E-state index in [9.17, 15) is 9.59 Å². The van der Waals surface area contributed by atoms with Crippen LogP contribution in [0.15, 0.2) is 35.8 Å². The Morgan fingerprint density at radius 3 is 2.18 bits per heavy atom. The normalized spacial score (nSPS) is 9.88. The van der Waals surface area contributed by atoms with Gasteiger partial charge in [0, 0.05) is 28.9 Å². The van der Waals surface area contributed by atoms with Crippen LogP contribution in [0.4, 0.5) is 0 Å². The van der Waals surface area contributed by atoms with Gasteiger partial charge < -0.3 is 10.2 Å². The molecular weight excluding hydrogens is 240 g/mol. The average molecular weight is 252 g/mol. The van der Waals surface area contributed by atoms with E-state index in [0.717, 1.165) is 10.4 Å². The predicted molar refractivity (Wildman–Crippen MR) is 65.3 cm³/mol. The van der Waals surface area contributed by atoms with Gasteiger partial charge in [-0.1, -0.05) is 13.2 Å². The second-order valence-corrected chi connectivity index (χ2v) is 4.54. The summed E-state index contributed by atoms with van der Waals surface area (Å²) in [6, 6.07) is 1.78. The van der Waals surface area contributed by atoms with E-state index in [2.05, 4.69) is 13.2 Å². The van der Waals surface area contributed by atoms with E-state index in [0.29, 0.717) is 0 Å². The van der Waals surface area contributed by atoms with Crippen LogP contribution in [0.5, 0.6) is 0 Å². The molecule has 0 unspecified atom stereocenters. The van der Waals surface area contributed by atoms with E-state index < -0.39 is 11.9 Å². The lowest BCUT2D eigenvalue weighted by atomic mass is 10.0. The van der Waals surface area contributed by atoms with Gasteiger partial charge in [0.05, 0.1) is 0 Å². The largest absolute Gasteiger partial charge is 0.478 e. The van der Waals surface area contributed by atoms with E-state index in [1.807, 2.05) is 0 Å². The molecule has 4 nitrogen and oxygen atoms in total. The Morgan fingerprint density at radius 1 is 1.12 bits per heavy atom. The Hall–Kier alpha value is -1.88. The number of carboxylic acids is 2. The van der Waals surface area contributed by atoms with Crippen molar-refractivity contribution in [3.05, 3.63) is 46.2 Å². The first-order valence-electron chi connectivity index (χ1n) is 4.79. The first kappa shape index (κ1) is 13.2. The Kier molecular flexibility index (Phi) is 4.23. The summed E-state index contributed by atoms with van der Waals surface area (Å²) in [5.74, 6) is -2.08. The first-order valence-corrected chi connectivity index (χ1v) is 5.67. The minimum absolute atomic E-state index is 0.0885. The van der Waals surface area contributed by atoms with E-state index in [4.69, 9.17) is 10.2 Å². The van der Waals surface area contributed by atoms with Crippen LogP contribution in [0.1, 0.15) is 10.4 Å². The molecule has 0 saturated carbocycles. The maximum atomic E-state index is 10.7. The third-order valence-corrected chi connectivity index (χ3v) is 3.18. The van der Waals surface area contributed by atoms with Crippen molar-refractivity contribution in [2.24, 2.45) is 0 Å². The van der Waals surface area contributed by atoms with Gasteiger partial charge in [-0.15, -0.1) is 11.3 Å². The third kappa shape index (κ3) is 3.57. The predicted octanol–water partition coefficient (Wildman–Crippen LogP) is 2.11. The second-order valence-electron chi connectivity index (χ2n) is 3.54. The van der Waals surface area contributed by atoms with Crippen molar-refractivity contribution in [3.8, 4) is 0 Å². The first-order chi connectivity index (χ1) is 7.91. The van der Waals surface area contributed by atoms with Crippen molar-refractivity contribution >= 4 is 23.3 Å². The highest BCUT2D eigenvalue weighted by molar-refractivity contribution is 7.10. The van der Waals surface area contributed by atoms with E-state index in [-0.39, 0.29) is 24.0 Å². The number of thiophene rings is 1. The number of carbonyl (C=O) groups is 2. The molecule has 0 saturated heterocycles. The molecule has 1 aromatic rings. The van der Waals surface area contributed by atoms with Crippen LogP contribution in [-0.4, -0.2) is 22.2 Å². The molecule has 0 spiro atoms. The fourth-order valence-electron chi connectivity index (χ4n) is 1.25. The fraction of sp³-hybridized carbons (Fsp3) is 0.167. The van der Waals surface area contributed by atoms with Crippen molar-refractivity contribution < 1.29 is 19.8 Å². The van der Waals surface area contributed by atoms with E-state index in [1.165, 1.54) is 11.3 Å². The number of aliphatic carboxylic acids is 2. The van der Waals surface area contributed by atoms with E-state index >= 15 is 0 Å². The molecule has 1 aromatic heterocycles. The molecule has 2 N–H and O–H groups in total. The summed E-state index contributed by atoms with van der Waals surface area (Å²) in [6.45, 7) is 6.90. The van der Waals surface area contributed by atoms with Gasteiger partial charge in [-0.2, -0.15) is 0 Å². The minimum atomic E-state index is -1.04. The number of hydrogen-bond donors (Lipinski definition) is 2.